The molecule has 0 amide bonds. The molecule has 0 radical (unpaired) electrons. The molecule has 0 saturated heterocycles. The lowest BCUT2D eigenvalue weighted by molar-refractivity contribution is -0.707. The fourth-order valence-electron chi connectivity index (χ4n) is 1.34. The number of carboxylic acids is 1. The van der Waals surface area contributed by atoms with Crippen LogP contribution >= 0.6 is 11.8 Å². The number of hydrogen-bond acceptors (Lipinski definition) is 2. The Morgan fingerprint density at radius 2 is 2.38 bits per heavy atom. The second kappa shape index (κ2) is 3.83. The van der Waals surface area contributed by atoms with Gasteiger partial charge in [-0.05, 0) is 6.26 Å². The number of aromatic nitrogens is 2. The second-order valence-corrected chi connectivity index (χ2v) is 3.66. The highest BCUT2D eigenvalue weighted by atomic mass is 32.2. The molecule has 1 aromatic rings. The van der Waals surface area contributed by atoms with Gasteiger partial charge < -0.3 is 5.11 Å². The molecule has 1 aromatic heterocycles. The van der Waals surface area contributed by atoms with Gasteiger partial charge in [-0.15, -0.1) is 0 Å². The van der Waals surface area contributed by atoms with Crippen LogP contribution in [0.25, 0.3) is 0 Å². The van der Waals surface area contributed by atoms with Gasteiger partial charge in [0, 0.05) is 0 Å². The largest absolute Gasteiger partial charge is 0.481 e. The summed E-state index contributed by atoms with van der Waals surface area (Å²) in [5.74, 6) is -0.794. The van der Waals surface area contributed by atoms with Gasteiger partial charge in [-0.2, -0.15) is 0 Å². The van der Waals surface area contributed by atoms with Crippen LogP contribution in [-0.2, 0) is 25.3 Å². The predicted molar refractivity (Wildman–Crippen MR) is 49.7 cm³/mol. The number of aliphatic carboxylic acids is 1. The van der Waals surface area contributed by atoms with Crippen molar-refractivity contribution in [3.8, 4) is 0 Å². The fraction of sp³-hybridized carbons (Fsp3) is 0.500. The third-order valence-corrected chi connectivity index (χ3v) is 2.76. The fourth-order valence-corrected chi connectivity index (χ4v) is 2.13. The number of aryl methyl sites for hydroxylation is 2. The Bertz CT molecular complexity index is 333. The van der Waals surface area contributed by atoms with Gasteiger partial charge in [0.2, 0.25) is 11.4 Å². The van der Waals surface area contributed by atoms with Crippen LogP contribution in [0.15, 0.2) is 11.4 Å². The van der Waals surface area contributed by atoms with E-state index in [1.54, 1.807) is 11.8 Å². The van der Waals surface area contributed by atoms with Crippen LogP contribution in [0.5, 0.6) is 0 Å². The van der Waals surface area contributed by atoms with Gasteiger partial charge >= 0.3 is 5.97 Å². The maximum atomic E-state index is 10.6. The number of imidazole rings is 1. The van der Waals surface area contributed by atoms with Gasteiger partial charge in [-0.1, -0.05) is 11.8 Å². The van der Waals surface area contributed by atoms with Crippen LogP contribution in [0.4, 0.5) is 0 Å². The number of nitrogens with zero attached hydrogens (tertiary/aromatic N) is 2. The van der Waals surface area contributed by atoms with Crippen molar-refractivity contribution in [2.45, 2.75) is 11.4 Å². The summed E-state index contributed by atoms with van der Waals surface area (Å²) in [7, 11) is 3.77. The summed E-state index contributed by atoms with van der Waals surface area (Å²) in [6.07, 6.45) is 3.90. The maximum Gasteiger partial charge on any atom is 0.311 e. The standard InChI is InChI=1S/C8H12N2O2S/c1-9-5-10(2)8(13-3)6(9)4-7(11)12/h5H,4H2,1-3H3/p+1. The van der Waals surface area contributed by atoms with Crippen LogP contribution in [0.2, 0.25) is 0 Å². The molecule has 0 aliphatic carbocycles. The molecule has 4 nitrogen and oxygen atoms in total. The van der Waals surface area contributed by atoms with Crippen LogP contribution in [0.3, 0.4) is 0 Å². The first kappa shape index (κ1) is 10.1. The Morgan fingerprint density at radius 1 is 1.77 bits per heavy atom. The summed E-state index contributed by atoms with van der Waals surface area (Å²) in [4.78, 5) is 10.6. The highest BCUT2D eigenvalue weighted by Gasteiger charge is 2.20. The zero-order valence-electron chi connectivity index (χ0n) is 7.94. The van der Waals surface area contributed by atoms with Crippen molar-refractivity contribution in [2.24, 2.45) is 14.1 Å². The predicted octanol–water partition coefficient (Wildman–Crippen LogP) is 0.199. The van der Waals surface area contributed by atoms with Crippen LogP contribution in [0.1, 0.15) is 5.69 Å². The molecule has 13 heavy (non-hydrogen) atoms. The number of hydrogen-bond donors (Lipinski definition) is 1. The molecule has 0 bridgehead atoms. The average molecular weight is 201 g/mol. The van der Waals surface area contributed by atoms with Gasteiger partial charge in [0.25, 0.3) is 0 Å². The molecule has 5 heteroatoms. The Labute approximate surface area is 81.2 Å². The quantitative estimate of drug-likeness (QED) is 0.561. The smallest absolute Gasteiger partial charge is 0.311 e. The lowest BCUT2D eigenvalue weighted by Gasteiger charge is -1.94. The normalized spacial score (nSPS) is 10.4. The van der Waals surface area contributed by atoms with Crippen molar-refractivity contribution in [1.29, 1.82) is 0 Å². The molecule has 0 aromatic carbocycles. The van der Waals surface area contributed by atoms with Crippen LogP contribution < -0.4 is 4.57 Å². The third kappa shape index (κ3) is 2.03. The Hall–Kier alpha value is -0.970. The molecule has 72 valence electrons. The van der Waals surface area contributed by atoms with Crippen molar-refractivity contribution in [1.82, 2.24) is 4.57 Å². The van der Waals surface area contributed by atoms with E-state index in [-0.39, 0.29) is 6.42 Å². The number of thioether (sulfide) groups is 1. The van der Waals surface area contributed by atoms with Crippen molar-refractivity contribution >= 4 is 17.7 Å². The van der Waals surface area contributed by atoms with Gasteiger partial charge in [0.15, 0.2) is 5.69 Å². The topological polar surface area (TPSA) is 46.1 Å². The van der Waals surface area contributed by atoms with Crippen molar-refractivity contribution in [2.75, 3.05) is 6.26 Å². The zero-order chi connectivity index (χ0) is 10.0. The first-order valence-corrected chi connectivity index (χ1v) is 5.08. The van der Waals surface area contributed by atoms with E-state index in [4.69, 9.17) is 5.11 Å². The van der Waals surface area contributed by atoms with E-state index in [1.165, 1.54) is 0 Å². The lowest BCUT2D eigenvalue weighted by Crippen LogP contribution is -2.27. The molecule has 0 spiro atoms. The van der Waals surface area contributed by atoms with E-state index >= 15 is 0 Å². The van der Waals surface area contributed by atoms with Crippen molar-refractivity contribution in [3.05, 3.63) is 12.0 Å². The number of rotatable bonds is 3. The molecule has 1 N–H and O–H groups in total. The molecule has 0 unspecified atom stereocenters. The summed E-state index contributed by atoms with van der Waals surface area (Å²) in [6.45, 7) is 0. The number of carbonyl (C=O) groups is 1. The third-order valence-electron chi connectivity index (χ3n) is 1.85. The summed E-state index contributed by atoms with van der Waals surface area (Å²) < 4.78 is 3.78. The number of carboxylic acid groups (broad SMARTS) is 1. The monoisotopic (exact) mass is 201 g/mol. The summed E-state index contributed by atoms with van der Waals surface area (Å²) in [5.41, 5.74) is 0.850. The maximum absolute atomic E-state index is 10.6. The van der Waals surface area contributed by atoms with Gasteiger partial charge in [-0.3, -0.25) is 4.79 Å². The minimum Gasteiger partial charge on any atom is -0.481 e. The molecule has 1 heterocycles. The molecule has 0 aliphatic rings. The van der Waals surface area contributed by atoms with E-state index in [0.29, 0.717) is 0 Å². The highest BCUT2D eigenvalue weighted by Crippen LogP contribution is 2.15. The SMILES string of the molecule is CSc1c(CC(=O)O)n(C)c[n+]1C. The summed E-state index contributed by atoms with van der Waals surface area (Å²) >= 11 is 1.56. The molecule has 0 atom stereocenters. The van der Waals surface area contributed by atoms with Crippen LogP contribution in [0, 0.1) is 0 Å². The second-order valence-electron chi connectivity index (χ2n) is 2.86. The van der Waals surface area contributed by atoms with E-state index < -0.39 is 5.97 Å². The minimum atomic E-state index is -0.794. The molecular weight excluding hydrogens is 188 g/mol. The van der Waals surface area contributed by atoms with Gasteiger partial charge in [0.1, 0.15) is 6.42 Å². The van der Waals surface area contributed by atoms with Crippen molar-refractivity contribution < 1.29 is 14.5 Å². The van der Waals surface area contributed by atoms with E-state index in [9.17, 15) is 4.79 Å². The van der Waals surface area contributed by atoms with Crippen LogP contribution in [-0.4, -0.2) is 21.9 Å². The zero-order valence-corrected chi connectivity index (χ0v) is 8.76. The van der Waals surface area contributed by atoms with Gasteiger partial charge in [0.05, 0.1) is 14.1 Å². The molecule has 1 rings (SSSR count). The Balaban J connectivity index is 3.09. The first-order valence-electron chi connectivity index (χ1n) is 3.86. The van der Waals surface area contributed by atoms with E-state index in [0.717, 1.165) is 10.7 Å². The molecular formula is C8H13N2O2S+. The summed E-state index contributed by atoms with van der Waals surface area (Å²) in [6, 6.07) is 0. The average Bonchev–Trinajstić information content (AvgIpc) is 2.26. The Morgan fingerprint density at radius 3 is 2.85 bits per heavy atom. The highest BCUT2D eigenvalue weighted by molar-refractivity contribution is 7.98. The molecule has 0 aliphatic heterocycles. The van der Waals surface area contributed by atoms with E-state index in [2.05, 4.69) is 0 Å². The molecule has 0 fully saturated rings. The Kier molecular flexibility index (Phi) is 2.98. The van der Waals surface area contributed by atoms with Gasteiger partial charge in [-0.25, -0.2) is 9.13 Å². The first-order chi connectivity index (χ1) is 6.06. The lowest BCUT2D eigenvalue weighted by atomic mass is 10.3. The molecule has 0 saturated carbocycles. The minimum absolute atomic E-state index is 0.0769. The summed E-state index contributed by atoms with van der Waals surface area (Å²) in [5, 5.41) is 9.69. The van der Waals surface area contributed by atoms with Crippen molar-refractivity contribution in [3.63, 3.8) is 0 Å². The van der Waals surface area contributed by atoms with E-state index in [1.807, 2.05) is 35.8 Å².